The molecule has 0 bridgehead atoms. The van der Waals surface area contributed by atoms with Gasteiger partial charge in [0, 0.05) is 13.1 Å². The SMILES string of the molecule is CN1CCc2c(ccc(N)c2N)C1. The minimum absolute atomic E-state index is 0.711. The molecule has 0 atom stereocenters. The van der Waals surface area contributed by atoms with Crippen LogP contribution in [0.3, 0.4) is 0 Å². The van der Waals surface area contributed by atoms with E-state index in [9.17, 15) is 0 Å². The summed E-state index contributed by atoms with van der Waals surface area (Å²) in [5.74, 6) is 0. The van der Waals surface area contributed by atoms with Gasteiger partial charge < -0.3 is 16.4 Å². The molecule has 0 aliphatic carbocycles. The maximum atomic E-state index is 5.91. The molecule has 1 heterocycles. The summed E-state index contributed by atoms with van der Waals surface area (Å²) in [6.07, 6.45) is 1.02. The van der Waals surface area contributed by atoms with Gasteiger partial charge in [-0.15, -0.1) is 0 Å². The van der Waals surface area contributed by atoms with Gasteiger partial charge in [0.2, 0.25) is 0 Å². The van der Waals surface area contributed by atoms with Gasteiger partial charge in [-0.25, -0.2) is 0 Å². The Balaban J connectivity index is 2.47. The lowest BCUT2D eigenvalue weighted by molar-refractivity contribution is 0.313. The predicted octanol–water partition coefficient (Wildman–Crippen LogP) is 0.839. The van der Waals surface area contributed by atoms with Crippen molar-refractivity contribution in [3.8, 4) is 0 Å². The molecule has 3 heteroatoms. The molecule has 1 aliphatic heterocycles. The molecule has 0 radical (unpaired) electrons. The highest BCUT2D eigenvalue weighted by molar-refractivity contribution is 5.69. The number of anilines is 2. The molecule has 0 spiro atoms. The van der Waals surface area contributed by atoms with Crippen molar-refractivity contribution in [2.24, 2.45) is 0 Å². The van der Waals surface area contributed by atoms with Crippen molar-refractivity contribution in [2.45, 2.75) is 13.0 Å². The molecular weight excluding hydrogens is 162 g/mol. The van der Waals surface area contributed by atoms with E-state index >= 15 is 0 Å². The molecule has 4 N–H and O–H groups in total. The van der Waals surface area contributed by atoms with Crippen LogP contribution >= 0.6 is 0 Å². The Kier molecular flexibility index (Phi) is 1.88. The summed E-state index contributed by atoms with van der Waals surface area (Å²) in [6.45, 7) is 2.06. The quantitative estimate of drug-likeness (QED) is 0.577. The van der Waals surface area contributed by atoms with E-state index in [1.807, 2.05) is 6.07 Å². The fourth-order valence-corrected chi connectivity index (χ4v) is 1.84. The van der Waals surface area contributed by atoms with E-state index in [1.165, 1.54) is 11.1 Å². The number of nitrogen functional groups attached to an aromatic ring is 2. The van der Waals surface area contributed by atoms with Crippen molar-refractivity contribution in [3.63, 3.8) is 0 Å². The number of hydrogen-bond donors (Lipinski definition) is 2. The number of fused-ring (bicyclic) bond motifs is 1. The van der Waals surface area contributed by atoms with Crippen molar-refractivity contribution < 1.29 is 0 Å². The van der Waals surface area contributed by atoms with Gasteiger partial charge in [0.25, 0.3) is 0 Å². The van der Waals surface area contributed by atoms with Gasteiger partial charge in [-0.05, 0) is 30.7 Å². The van der Waals surface area contributed by atoms with Crippen molar-refractivity contribution in [2.75, 3.05) is 25.1 Å². The molecule has 0 saturated heterocycles. The largest absolute Gasteiger partial charge is 0.397 e. The zero-order chi connectivity index (χ0) is 9.42. The molecule has 0 saturated carbocycles. The number of nitrogens with two attached hydrogens (primary N) is 2. The van der Waals surface area contributed by atoms with Crippen molar-refractivity contribution >= 4 is 11.4 Å². The molecule has 0 aromatic heterocycles. The second kappa shape index (κ2) is 2.92. The Hall–Kier alpha value is -1.22. The summed E-state index contributed by atoms with van der Waals surface area (Å²) in [5.41, 5.74) is 15.7. The molecular formula is C10H15N3. The fraction of sp³-hybridized carbons (Fsp3) is 0.400. The third-order valence-electron chi connectivity index (χ3n) is 2.67. The van der Waals surface area contributed by atoms with Gasteiger partial charge in [-0.3, -0.25) is 0 Å². The summed E-state index contributed by atoms with van der Waals surface area (Å²) in [5, 5.41) is 0. The first-order chi connectivity index (χ1) is 6.18. The molecule has 0 unspecified atom stereocenters. The van der Waals surface area contributed by atoms with Gasteiger partial charge in [0.15, 0.2) is 0 Å². The van der Waals surface area contributed by atoms with E-state index < -0.39 is 0 Å². The van der Waals surface area contributed by atoms with Crippen LogP contribution in [0.1, 0.15) is 11.1 Å². The van der Waals surface area contributed by atoms with Gasteiger partial charge in [-0.1, -0.05) is 6.07 Å². The molecule has 0 amide bonds. The van der Waals surface area contributed by atoms with Crippen LogP contribution in [0.25, 0.3) is 0 Å². The van der Waals surface area contributed by atoms with Crippen molar-refractivity contribution in [1.82, 2.24) is 4.90 Å². The predicted molar refractivity (Wildman–Crippen MR) is 55.3 cm³/mol. The third kappa shape index (κ3) is 1.35. The summed E-state index contributed by atoms with van der Waals surface area (Å²) < 4.78 is 0. The Morgan fingerprint density at radius 1 is 1.31 bits per heavy atom. The average Bonchev–Trinajstić information content (AvgIpc) is 2.12. The van der Waals surface area contributed by atoms with Gasteiger partial charge in [0.05, 0.1) is 11.4 Å². The Labute approximate surface area is 78.3 Å². The highest BCUT2D eigenvalue weighted by atomic mass is 15.1. The maximum Gasteiger partial charge on any atom is 0.0584 e. The molecule has 1 aromatic carbocycles. The lowest BCUT2D eigenvalue weighted by Crippen LogP contribution is -2.27. The summed E-state index contributed by atoms with van der Waals surface area (Å²) in [4.78, 5) is 2.29. The van der Waals surface area contributed by atoms with E-state index in [2.05, 4.69) is 18.0 Å². The second-order valence-electron chi connectivity index (χ2n) is 3.69. The van der Waals surface area contributed by atoms with Crippen LogP contribution in [0.2, 0.25) is 0 Å². The van der Waals surface area contributed by atoms with Crippen molar-refractivity contribution in [3.05, 3.63) is 23.3 Å². The Morgan fingerprint density at radius 2 is 2.08 bits per heavy atom. The molecule has 0 fully saturated rings. The van der Waals surface area contributed by atoms with E-state index in [-0.39, 0.29) is 0 Å². The average molecular weight is 177 g/mol. The van der Waals surface area contributed by atoms with E-state index in [0.29, 0.717) is 5.69 Å². The topological polar surface area (TPSA) is 55.3 Å². The van der Waals surface area contributed by atoms with Crippen LogP contribution < -0.4 is 11.5 Å². The molecule has 1 aromatic rings. The van der Waals surface area contributed by atoms with Crippen LogP contribution in [0.5, 0.6) is 0 Å². The number of rotatable bonds is 0. The summed E-state index contributed by atoms with van der Waals surface area (Å²) in [6, 6.07) is 3.98. The molecule has 13 heavy (non-hydrogen) atoms. The monoisotopic (exact) mass is 177 g/mol. The minimum Gasteiger partial charge on any atom is -0.397 e. The standard InChI is InChI=1S/C10H15N3/c1-13-5-4-8-7(6-13)2-3-9(11)10(8)12/h2-3H,4-6,11-12H2,1H3. The van der Waals surface area contributed by atoms with Crippen molar-refractivity contribution in [1.29, 1.82) is 0 Å². The van der Waals surface area contributed by atoms with Gasteiger partial charge >= 0.3 is 0 Å². The highest BCUT2D eigenvalue weighted by Gasteiger charge is 2.15. The number of nitrogens with zero attached hydrogens (tertiary/aromatic N) is 1. The maximum absolute atomic E-state index is 5.91. The van der Waals surface area contributed by atoms with Crippen LogP contribution in [0.15, 0.2) is 12.1 Å². The van der Waals surface area contributed by atoms with Gasteiger partial charge in [0.1, 0.15) is 0 Å². The zero-order valence-electron chi connectivity index (χ0n) is 7.88. The summed E-state index contributed by atoms with van der Waals surface area (Å²) >= 11 is 0. The van der Waals surface area contributed by atoms with Gasteiger partial charge in [-0.2, -0.15) is 0 Å². The van der Waals surface area contributed by atoms with Crippen LogP contribution in [-0.2, 0) is 13.0 Å². The van der Waals surface area contributed by atoms with E-state index in [1.54, 1.807) is 0 Å². The first-order valence-electron chi connectivity index (χ1n) is 4.52. The molecule has 70 valence electrons. The third-order valence-corrected chi connectivity index (χ3v) is 2.67. The zero-order valence-corrected chi connectivity index (χ0v) is 7.88. The number of benzene rings is 1. The van der Waals surface area contributed by atoms with Crippen LogP contribution in [0, 0.1) is 0 Å². The van der Waals surface area contributed by atoms with E-state index in [0.717, 1.165) is 25.2 Å². The normalized spacial score (nSPS) is 17.0. The highest BCUT2D eigenvalue weighted by Crippen LogP contribution is 2.27. The lowest BCUT2D eigenvalue weighted by atomic mass is 9.97. The number of likely N-dealkylation sites (N-methyl/N-ethyl adjacent to an activating group) is 1. The second-order valence-corrected chi connectivity index (χ2v) is 3.69. The van der Waals surface area contributed by atoms with Crippen LogP contribution in [0.4, 0.5) is 11.4 Å². The molecule has 1 aliphatic rings. The van der Waals surface area contributed by atoms with Crippen LogP contribution in [-0.4, -0.2) is 18.5 Å². The first-order valence-corrected chi connectivity index (χ1v) is 4.52. The Bertz CT molecular complexity index is 333. The minimum atomic E-state index is 0.711. The first kappa shape index (κ1) is 8.38. The van der Waals surface area contributed by atoms with E-state index in [4.69, 9.17) is 11.5 Å². The molecule has 2 rings (SSSR count). The Morgan fingerprint density at radius 3 is 2.85 bits per heavy atom. The summed E-state index contributed by atoms with van der Waals surface area (Å²) in [7, 11) is 2.12. The lowest BCUT2D eigenvalue weighted by Gasteiger charge is -2.26. The molecule has 3 nitrogen and oxygen atoms in total. The fourth-order valence-electron chi connectivity index (χ4n) is 1.84. The number of hydrogen-bond acceptors (Lipinski definition) is 3. The smallest absolute Gasteiger partial charge is 0.0584 e.